The van der Waals surface area contributed by atoms with E-state index in [-0.39, 0.29) is 5.91 Å². The molecule has 2 N–H and O–H groups in total. The second-order valence-corrected chi connectivity index (χ2v) is 7.66. The predicted octanol–water partition coefficient (Wildman–Crippen LogP) is 2.80. The molecule has 1 saturated heterocycles. The van der Waals surface area contributed by atoms with E-state index in [9.17, 15) is 4.79 Å². The number of hydrogen-bond acceptors (Lipinski definition) is 6. The Morgan fingerprint density at radius 3 is 2.73 bits per heavy atom. The van der Waals surface area contributed by atoms with Crippen LogP contribution in [0.3, 0.4) is 0 Å². The summed E-state index contributed by atoms with van der Waals surface area (Å²) < 4.78 is 5.45. The molecule has 3 aromatic rings. The number of carbonyl (C=O) groups is 1. The standard InChI is InChI=1S/C23H27N5O2/c1-16-3-4-21-19(9-16)14-25-23(27-21)26-20-11-17(13-22(29)24-2)10-18(12-20)15-28-5-7-30-8-6-28/h3-4,9-12,14H,5-8,13,15H2,1-2H3,(H,24,29)(H,25,26,27). The number of aryl methyl sites for hydroxylation is 1. The van der Waals surface area contributed by atoms with Gasteiger partial charge in [0.2, 0.25) is 11.9 Å². The van der Waals surface area contributed by atoms with Crippen molar-refractivity contribution in [3.8, 4) is 0 Å². The van der Waals surface area contributed by atoms with Crippen molar-refractivity contribution in [2.24, 2.45) is 0 Å². The first-order chi connectivity index (χ1) is 14.6. The van der Waals surface area contributed by atoms with Gasteiger partial charge in [-0.3, -0.25) is 9.69 Å². The number of rotatable bonds is 6. The molecule has 4 rings (SSSR count). The van der Waals surface area contributed by atoms with Gasteiger partial charge in [0.15, 0.2) is 0 Å². The number of amides is 1. The minimum absolute atomic E-state index is 0.0122. The van der Waals surface area contributed by atoms with E-state index in [4.69, 9.17) is 4.74 Å². The lowest BCUT2D eigenvalue weighted by Crippen LogP contribution is -2.35. The van der Waals surface area contributed by atoms with E-state index < -0.39 is 0 Å². The summed E-state index contributed by atoms with van der Waals surface area (Å²) in [5.41, 5.74) is 5.07. The van der Waals surface area contributed by atoms with Crippen molar-refractivity contribution in [2.45, 2.75) is 19.9 Å². The van der Waals surface area contributed by atoms with E-state index in [1.54, 1.807) is 7.05 Å². The average molecular weight is 406 g/mol. The van der Waals surface area contributed by atoms with Gasteiger partial charge in [0, 0.05) is 44.0 Å². The number of anilines is 2. The highest BCUT2D eigenvalue weighted by atomic mass is 16.5. The van der Waals surface area contributed by atoms with Crippen LogP contribution in [-0.4, -0.2) is 54.1 Å². The molecule has 2 aromatic carbocycles. The maximum atomic E-state index is 11.9. The molecule has 2 heterocycles. The van der Waals surface area contributed by atoms with Crippen molar-refractivity contribution in [2.75, 3.05) is 38.7 Å². The van der Waals surface area contributed by atoms with Gasteiger partial charge < -0.3 is 15.4 Å². The Labute approximate surface area is 176 Å². The van der Waals surface area contributed by atoms with Crippen LogP contribution in [0.15, 0.2) is 42.6 Å². The van der Waals surface area contributed by atoms with Gasteiger partial charge in [-0.2, -0.15) is 0 Å². The number of nitrogens with zero attached hydrogens (tertiary/aromatic N) is 3. The number of morpholine rings is 1. The smallest absolute Gasteiger partial charge is 0.227 e. The zero-order valence-corrected chi connectivity index (χ0v) is 17.4. The Kier molecular flexibility index (Phi) is 6.21. The van der Waals surface area contributed by atoms with Crippen LogP contribution in [0.2, 0.25) is 0 Å². The topological polar surface area (TPSA) is 79.4 Å². The fourth-order valence-electron chi connectivity index (χ4n) is 3.66. The van der Waals surface area contributed by atoms with Gasteiger partial charge in [0.05, 0.1) is 25.2 Å². The van der Waals surface area contributed by atoms with E-state index in [0.29, 0.717) is 12.4 Å². The first kappa shape index (κ1) is 20.3. The molecule has 1 aromatic heterocycles. The van der Waals surface area contributed by atoms with Crippen molar-refractivity contribution in [1.29, 1.82) is 0 Å². The Balaban J connectivity index is 1.60. The van der Waals surface area contributed by atoms with E-state index in [1.165, 1.54) is 5.56 Å². The summed E-state index contributed by atoms with van der Waals surface area (Å²) in [5, 5.41) is 7.04. The second-order valence-electron chi connectivity index (χ2n) is 7.66. The molecule has 0 bridgehead atoms. The molecule has 0 unspecified atom stereocenters. The Bertz CT molecular complexity index is 1050. The first-order valence-electron chi connectivity index (χ1n) is 10.2. The number of fused-ring (bicyclic) bond motifs is 1. The largest absolute Gasteiger partial charge is 0.379 e. The van der Waals surface area contributed by atoms with Gasteiger partial charge >= 0.3 is 0 Å². The molecule has 7 heteroatoms. The van der Waals surface area contributed by atoms with Crippen LogP contribution in [0.25, 0.3) is 10.9 Å². The summed E-state index contributed by atoms with van der Waals surface area (Å²) in [6.45, 7) is 6.21. The van der Waals surface area contributed by atoms with Crippen molar-refractivity contribution in [3.63, 3.8) is 0 Å². The molecule has 7 nitrogen and oxygen atoms in total. The van der Waals surface area contributed by atoms with E-state index in [1.807, 2.05) is 24.4 Å². The lowest BCUT2D eigenvalue weighted by atomic mass is 10.1. The molecule has 1 aliphatic rings. The third kappa shape index (κ3) is 5.11. The van der Waals surface area contributed by atoms with Gasteiger partial charge in [-0.25, -0.2) is 9.97 Å². The second kappa shape index (κ2) is 9.19. The summed E-state index contributed by atoms with van der Waals surface area (Å²) in [6.07, 6.45) is 2.17. The number of likely N-dealkylation sites (N-methyl/N-ethyl adjacent to an activating group) is 1. The Morgan fingerprint density at radius 2 is 1.93 bits per heavy atom. The number of aromatic nitrogens is 2. The minimum atomic E-state index is -0.0122. The van der Waals surface area contributed by atoms with E-state index >= 15 is 0 Å². The molecule has 1 amide bonds. The highest BCUT2D eigenvalue weighted by molar-refractivity contribution is 5.80. The summed E-state index contributed by atoms with van der Waals surface area (Å²) in [4.78, 5) is 23.4. The maximum Gasteiger partial charge on any atom is 0.227 e. The van der Waals surface area contributed by atoms with Crippen LogP contribution < -0.4 is 10.6 Å². The summed E-state index contributed by atoms with van der Waals surface area (Å²) in [7, 11) is 1.66. The molecular formula is C23H27N5O2. The quantitative estimate of drug-likeness (QED) is 0.657. The molecule has 0 spiro atoms. The molecule has 30 heavy (non-hydrogen) atoms. The van der Waals surface area contributed by atoms with Crippen LogP contribution in [0, 0.1) is 6.92 Å². The lowest BCUT2D eigenvalue weighted by molar-refractivity contribution is -0.119. The molecule has 0 saturated carbocycles. The number of nitrogens with one attached hydrogen (secondary N) is 2. The van der Waals surface area contributed by atoms with Crippen molar-refractivity contribution >= 4 is 28.4 Å². The lowest BCUT2D eigenvalue weighted by Gasteiger charge is -2.27. The van der Waals surface area contributed by atoms with Crippen LogP contribution in [0.4, 0.5) is 11.6 Å². The highest BCUT2D eigenvalue weighted by Crippen LogP contribution is 2.22. The third-order valence-electron chi connectivity index (χ3n) is 5.20. The van der Waals surface area contributed by atoms with Gasteiger partial charge in [-0.05, 0) is 42.3 Å². The van der Waals surface area contributed by atoms with Gasteiger partial charge in [0.25, 0.3) is 0 Å². The summed E-state index contributed by atoms with van der Waals surface area (Å²) in [6, 6.07) is 12.3. The highest BCUT2D eigenvalue weighted by Gasteiger charge is 2.13. The van der Waals surface area contributed by atoms with Gasteiger partial charge in [-0.15, -0.1) is 0 Å². The summed E-state index contributed by atoms with van der Waals surface area (Å²) in [5.74, 6) is 0.530. The molecule has 156 valence electrons. The maximum absolute atomic E-state index is 11.9. The van der Waals surface area contributed by atoms with Crippen LogP contribution >= 0.6 is 0 Å². The Hall–Kier alpha value is -3.03. The number of benzene rings is 2. The fraction of sp³-hybridized carbons (Fsp3) is 0.348. The first-order valence-corrected chi connectivity index (χ1v) is 10.2. The molecule has 1 fully saturated rings. The van der Waals surface area contributed by atoms with Crippen molar-refractivity contribution < 1.29 is 9.53 Å². The fourth-order valence-corrected chi connectivity index (χ4v) is 3.66. The van der Waals surface area contributed by atoms with Crippen molar-refractivity contribution in [3.05, 3.63) is 59.3 Å². The van der Waals surface area contributed by atoms with Crippen LogP contribution in [0.1, 0.15) is 16.7 Å². The minimum Gasteiger partial charge on any atom is -0.379 e. The summed E-state index contributed by atoms with van der Waals surface area (Å²) >= 11 is 0. The molecule has 0 radical (unpaired) electrons. The number of ether oxygens (including phenoxy) is 1. The zero-order chi connectivity index (χ0) is 20.9. The molecular weight excluding hydrogens is 378 g/mol. The SMILES string of the molecule is CNC(=O)Cc1cc(CN2CCOCC2)cc(Nc2ncc3cc(C)ccc3n2)c1. The average Bonchev–Trinajstić information content (AvgIpc) is 2.74. The molecule has 0 atom stereocenters. The van der Waals surface area contributed by atoms with Crippen LogP contribution in [-0.2, 0) is 22.5 Å². The van der Waals surface area contributed by atoms with Gasteiger partial charge in [-0.1, -0.05) is 17.7 Å². The van der Waals surface area contributed by atoms with E-state index in [2.05, 4.69) is 50.6 Å². The monoisotopic (exact) mass is 405 g/mol. The third-order valence-corrected chi connectivity index (χ3v) is 5.20. The van der Waals surface area contributed by atoms with Gasteiger partial charge in [0.1, 0.15) is 0 Å². The molecule has 1 aliphatic heterocycles. The Morgan fingerprint density at radius 1 is 1.13 bits per heavy atom. The number of carbonyl (C=O) groups excluding carboxylic acids is 1. The normalized spacial score (nSPS) is 14.6. The van der Waals surface area contributed by atoms with Crippen molar-refractivity contribution in [1.82, 2.24) is 20.2 Å². The number of hydrogen-bond donors (Lipinski definition) is 2. The predicted molar refractivity (Wildman–Crippen MR) is 118 cm³/mol. The zero-order valence-electron chi connectivity index (χ0n) is 17.4. The van der Waals surface area contributed by atoms with E-state index in [0.717, 1.165) is 60.6 Å². The van der Waals surface area contributed by atoms with Crippen LogP contribution in [0.5, 0.6) is 0 Å². The molecule has 0 aliphatic carbocycles.